The number of methoxy groups -OCH3 is 1. The lowest BCUT2D eigenvalue weighted by Gasteiger charge is -2.39. The highest BCUT2D eigenvalue weighted by Gasteiger charge is 2.26. The van der Waals surface area contributed by atoms with E-state index in [9.17, 15) is 14.0 Å². The fourth-order valence-electron chi connectivity index (χ4n) is 4.44. The number of anilines is 2. The van der Waals surface area contributed by atoms with Crippen LogP contribution < -0.4 is 14.5 Å². The van der Waals surface area contributed by atoms with E-state index >= 15 is 0 Å². The van der Waals surface area contributed by atoms with Crippen LogP contribution in [0.3, 0.4) is 0 Å². The van der Waals surface area contributed by atoms with Crippen molar-refractivity contribution in [2.75, 3.05) is 75.8 Å². The third-order valence-electron chi connectivity index (χ3n) is 6.48. The highest BCUT2D eigenvalue weighted by Crippen LogP contribution is 2.23. The summed E-state index contributed by atoms with van der Waals surface area (Å²) in [6.07, 6.45) is 0. The maximum absolute atomic E-state index is 14.5. The van der Waals surface area contributed by atoms with Gasteiger partial charge in [-0.1, -0.05) is 6.07 Å². The van der Waals surface area contributed by atoms with Crippen LogP contribution in [0.15, 0.2) is 42.5 Å². The lowest BCUT2D eigenvalue weighted by Crippen LogP contribution is -2.54. The summed E-state index contributed by atoms with van der Waals surface area (Å²) in [7, 11) is 1.67. The van der Waals surface area contributed by atoms with Crippen LogP contribution in [0, 0.1) is 5.82 Å². The van der Waals surface area contributed by atoms with Crippen molar-refractivity contribution in [3.8, 4) is 5.75 Å². The van der Waals surface area contributed by atoms with Gasteiger partial charge in [-0.05, 0) is 37.3 Å². The van der Waals surface area contributed by atoms with Gasteiger partial charge in [0.15, 0.2) is 5.78 Å². The van der Waals surface area contributed by atoms with Gasteiger partial charge in [0.25, 0.3) is 0 Å². The Hall–Kier alpha value is -3.13. The van der Waals surface area contributed by atoms with Gasteiger partial charge < -0.3 is 19.4 Å². The molecular formula is C25H31FN4O3. The minimum absolute atomic E-state index is 0.122. The van der Waals surface area contributed by atoms with Gasteiger partial charge in [0, 0.05) is 69.7 Å². The molecule has 1 amide bonds. The molecule has 2 aliphatic rings. The molecule has 4 rings (SSSR count). The Morgan fingerprint density at radius 2 is 1.61 bits per heavy atom. The van der Waals surface area contributed by atoms with Gasteiger partial charge in [0.1, 0.15) is 11.6 Å². The number of Topliss-reactive ketones (excluding diaryl/α,β-unsaturated/α-hetero) is 1. The molecule has 0 atom stereocenters. The number of benzene rings is 2. The predicted octanol–water partition coefficient (Wildman–Crippen LogP) is 2.51. The van der Waals surface area contributed by atoms with Crippen LogP contribution in [0.25, 0.3) is 0 Å². The number of ether oxygens (including phenoxy) is 1. The minimum Gasteiger partial charge on any atom is -0.497 e. The SMILES string of the molecule is COc1cccc(N2CCN(CC(=O)N3CCN(c4ccc(C(C)=O)cc4F)CC3)CC2)c1. The van der Waals surface area contributed by atoms with E-state index in [4.69, 9.17) is 4.74 Å². The summed E-state index contributed by atoms with van der Waals surface area (Å²) in [6.45, 7) is 7.51. The van der Waals surface area contributed by atoms with Crippen molar-refractivity contribution in [2.24, 2.45) is 0 Å². The molecule has 2 aliphatic heterocycles. The molecule has 0 aliphatic carbocycles. The third kappa shape index (κ3) is 5.45. The number of amides is 1. The van der Waals surface area contributed by atoms with Gasteiger partial charge in [0.05, 0.1) is 19.3 Å². The predicted molar refractivity (Wildman–Crippen MR) is 127 cm³/mol. The van der Waals surface area contributed by atoms with Gasteiger partial charge in [-0.3, -0.25) is 14.5 Å². The van der Waals surface area contributed by atoms with E-state index in [-0.39, 0.29) is 11.7 Å². The number of nitrogens with zero attached hydrogens (tertiary/aromatic N) is 4. The summed E-state index contributed by atoms with van der Waals surface area (Å²) in [5.41, 5.74) is 2.00. The van der Waals surface area contributed by atoms with Gasteiger partial charge in [-0.25, -0.2) is 4.39 Å². The number of hydrogen-bond acceptors (Lipinski definition) is 6. The zero-order valence-electron chi connectivity index (χ0n) is 19.3. The topological polar surface area (TPSA) is 56.3 Å². The number of halogens is 1. The molecule has 0 spiro atoms. The highest BCUT2D eigenvalue weighted by molar-refractivity contribution is 5.94. The summed E-state index contributed by atoms with van der Waals surface area (Å²) in [6, 6.07) is 12.7. The zero-order valence-corrected chi connectivity index (χ0v) is 19.3. The first-order valence-corrected chi connectivity index (χ1v) is 11.4. The maximum Gasteiger partial charge on any atom is 0.236 e. The van der Waals surface area contributed by atoms with Gasteiger partial charge in [0.2, 0.25) is 5.91 Å². The van der Waals surface area contributed by atoms with Crippen molar-refractivity contribution >= 4 is 23.1 Å². The maximum atomic E-state index is 14.5. The summed E-state index contributed by atoms with van der Waals surface area (Å²) >= 11 is 0. The van der Waals surface area contributed by atoms with E-state index < -0.39 is 5.82 Å². The summed E-state index contributed by atoms with van der Waals surface area (Å²) in [4.78, 5) is 32.6. The summed E-state index contributed by atoms with van der Waals surface area (Å²) in [5, 5.41) is 0. The molecule has 7 nitrogen and oxygen atoms in total. The Morgan fingerprint density at radius 3 is 2.24 bits per heavy atom. The first-order valence-electron chi connectivity index (χ1n) is 11.4. The molecule has 2 fully saturated rings. The van der Waals surface area contributed by atoms with Crippen LogP contribution in [0.4, 0.5) is 15.8 Å². The molecule has 2 aromatic rings. The van der Waals surface area contributed by atoms with E-state index in [0.29, 0.717) is 44.0 Å². The lowest BCUT2D eigenvalue weighted by atomic mass is 10.1. The second-order valence-corrected chi connectivity index (χ2v) is 8.55. The average Bonchev–Trinajstić information content (AvgIpc) is 2.84. The smallest absolute Gasteiger partial charge is 0.236 e. The zero-order chi connectivity index (χ0) is 23.4. The van der Waals surface area contributed by atoms with E-state index in [0.717, 1.165) is 37.6 Å². The van der Waals surface area contributed by atoms with E-state index in [2.05, 4.69) is 15.9 Å². The van der Waals surface area contributed by atoms with Crippen LogP contribution in [-0.2, 0) is 4.79 Å². The second-order valence-electron chi connectivity index (χ2n) is 8.55. The van der Waals surface area contributed by atoms with Gasteiger partial charge in [-0.15, -0.1) is 0 Å². The molecule has 2 saturated heterocycles. The first-order chi connectivity index (χ1) is 15.9. The Morgan fingerprint density at radius 1 is 0.909 bits per heavy atom. The third-order valence-corrected chi connectivity index (χ3v) is 6.48. The summed E-state index contributed by atoms with van der Waals surface area (Å²) < 4.78 is 19.8. The van der Waals surface area contributed by atoms with Gasteiger partial charge in [-0.2, -0.15) is 0 Å². The molecule has 33 heavy (non-hydrogen) atoms. The van der Waals surface area contributed by atoms with Crippen LogP contribution in [0.1, 0.15) is 17.3 Å². The molecular weight excluding hydrogens is 423 g/mol. The molecule has 0 aromatic heterocycles. The normalized spacial score (nSPS) is 17.2. The Balaban J connectivity index is 1.25. The summed E-state index contributed by atoms with van der Waals surface area (Å²) in [5.74, 6) is 0.424. The quantitative estimate of drug-likeness (QED) is 0.626. The number of hydrogen-bond donors (Lipinski definition) is 0. The van der Waals surface area contributed by atoms with Crippen LogP contribution in [0.5, 0.6) is 5.75 Å². The standard InChI is InChI=1S/C25H31FN4O3/c1-19(31)20-6-7-24(23(26)16-20)29-12-14-30(15-13-29)25(32)18-27-8-10-28(11-9-27)21-4-3-5-22(17-21)33-2/h3-7,16-17H,8-15,18H2,1-2H3. The Kier molecular flexibility index (Phi) is 7.13. The van der Waals surface area contributed by atoms with Crippen molar-refractivity contribution in [3.05, 3.63) is 53.8 Å². The lowest BCUT2D eigenvalue weighted by molar-refractivity contribution is -0.132. The van der Waals surface area contributed by atoms with Crippen molar-refractivity contribution in [2.45, 2.75) is 6.92 Å². The molecule has 0 bridgehead atoms. The molecule has 0 N–H and O–H groups in total. The second kappa shape index (κ2) is 10.2. The number of ketones is 1. The van der Waals surface area contributed by atoms with Crippen LogP contribution in [0.2, 0.25) is 0 Å². The van der Waals surface area contributed by atoms with E-state index in [1.165, 1.54) is 13.0 Å². The number of carbonyl (C=O) groups excluding carboxylic acids is 2. The van der Waals surface area contributed by atoms with Crippen molar-refractivity contribution < 1.29 is 18.7 Å². The molecule has 0 saturated carbocycles. The fourth-order valence-corrected chi connectivity index (χ4v) is 4.44. The first kappa shape index (κ1) is 23.0. The Bertz CT molecular complexity index is 999. The molecule has 0 unspecified atom stereocenters. The highest BCUT2D eigenvalue weighted by atomic mass is 19.1. The van der Waals surface area contributed by atoms with Gasteiger partial charge >= 0.3 is 0 Å². The monoisotopic (exact) mass is 454 g/mol. The largest absolute Gasteiger partial charge is 0.497 e. The van der Waals surface area contributed by atoms with Crippen LogP contribution >= 0.6 is 0 Å². The van der Waals surface area contributed by atoms with Crippen molar-refractivity contribution in [3.63, 3.8) is 0 Å². The number of rotatable bonds is 6. The fraction of sp³-hybridized carbons (Fsp3) is 0.440. The molecule has 2 aromatic carbocycles. The van der Waals surface area contributed by atoms with Crippen LogP contribution in [-0.4, -0.2) is 87.5 Å². The number of piperazine rings is 2. The Labute approximate surface area is 194 Å². The van der Waals surface area contributed by atoms with Crippen molar-refractivity contribution in [1.29, 1.82) is 0 Å². The van der Waals surface area contributed by atoms with E-state index in [1.807, 2.05) is 28.0 Å². The minimum atomic E-state index is -0.392. The molecule has 176 valence electrons. The van der Waals surface area contributed by atoms with Crippen molar-refractivity contribution in [1.82, 2.24) is 9.80 Å². The number of carbonyl (C=O) groups is 2. The average molecular weight is 455 g/mol. The molecule has 2 heterocycles. The molecule has 8 heteroatoms. The molecule has 0 radical (unpaired) electrons. The van der Waals surface area contributed by atoms with E-state index in [1.54, 1.807) is 19.2 Å².